The van der Waals surface area contributed by atoms with Gasteiger partial charge in [0.15, 0.2) is 0 Å². The summed E-state index contributed by atoms with van der Waals surface area (Å²) in [7, 11) is -1.13. The first-order valence-electron chi connectivity index (χ1n) is 7.65. The van der Waals surface area contributed by atoms with Crippen molar-refractivity contribution in [2.45, 2.75) is 56.6 Å². The number of ether oxygens (including phenoxy) is 1. The van der Waals surface area contributed by atoms with Crippen molar-refractivity contribution in [1.29, 1.82) is 0 Å². The third-order valence-electron chi connectivity index (χ3n) is 3.51. The van der Waals surface area contributed by atoms with Gasteiger partial charge in [-0.15, -0.1) is 0 Å². The standard InChI is InChI=1S/C16H24N2O3S/c1-16(2,3)21-15(19)18-11-5-4-6-13(18)12-22(20)14-7-9-17-10-8-14/h7-10,13H,4-6,11-12H2,1-3H3. The van der Waals surface area contributed by atoms with Gasteiger partial charge in [-0.25, -0.2) is 4.79 Å². The fraction of sp³-hybridized carbons (Fsp3) is 0.625. The van der Waals surface area contributed by atoms with Crippen LogP contribution in [-0.2, 0) is 15.5 Å². The predicted octanol–water partition coefficient (Wildman–Crippen LogP) is 2.98. The Morgan fingerprint density at radius 1 is 1.36 bits per heavy atom. The van der Waals surface area contributed by atoms with Crippen molar-refractivity contribution >= 4 is 16.9 Å². The lowest BCUT2D eigenvalue weighted by molar-refractivity contribution is 0.0125. The summed E-state index contributed by atoms with van der Waals surface area (Å²) in [6, 6.07) is 3.49. The van der Waals surface area contributed by atoms with Crippen LogP contribution in [0.3, 0.4) is 0 Å². The molecule has 1 fully saturated rings. The van der Waals surface area contributed by atoms with Gasteiger partial charge >= 0.3 is 6.09 Å². The van der Waals surface area contributed by atoms with Crippen LogP contribution < -0.4 is 0 Å². The summed E-state index contributed by atoms with van der Waals surface area (Å²) in [4.78, 5) is 18.8. The lowest BCUT2D eigenvalue weighted by Crippen LogP contribution is -2.48. The Labute approximate surface area is 134 Å². The number of carbonyl (C=O) groups excluding carboxylic acids is 1. The van der Waals surface area contributed by atoms with Crippen LogP contribution >= 0.6 is 0 Å². The minimum Gasteiger partial charge on any atom is -0.444 e. The van der Waals surface area contributed by atoms with Gasteiger partial charge < -0.3 is 9.64 Å². The summed E-state index contributed by atoms with van der Waals surface area (Å²) in [6.07, 6.45) is 5.87. The maximum atomic E-state index is 12.5. The number of nitrogens with zero attached hydrogens (tertiary/aromatic N) is 2. The van der Waals surface area contributed by atoms with Gasteiger partial charge in [-0.3, -0.25) is 9.19 Å². The molecule has 1 aromatic heterocycles. The monoisotopic (exact) mass is 324 g/mol. The molecular formula is C16H24N2O3S. The SMILES string of the molecule is CC(C)(C)OC(=O)N1CCCCC1CS(=O)c1ccncc1. The summed E-state index contributed by atoms with van der Waals surface area (Å²) >= 11 is 0. The second-order valence-electron chi connectivity index (χ2n) is 6.52. The molecule has 2 unspecified atom stereocenters. The van der Waals surface area contributed by atoms with E-state index >= 15 is 0 Å². The van der Waals surface area contributed by atoms with Gasteiger partial charge in [0.05, 0.1) is 10.8 Å². The van der Waals surface area contributed by atoms with Crippen LogP contribution in [-0.4, -0.2) is 44.1 Å². The molecule has 1 saturated heterocycles. The highest BCUT2D eigenvalue weighted by atomic mass is 32.2. The molecule has 0 bridgehead atoms. The molecule has 1 aromatic rings. The Morgan fingerprint density at radius 3 is 2.68 bits per heavy atom. The molecule has 6 heteroatoms. The zero-order valence-corrected chi connectivity index (χ0v) is 14.3. The molecule has 0 radical (unpaired) electrons. The number of rotatable bonds is 3. The number of piperidine rings is 1. The van der Waals surface area contributed by atoms with Gasteiger partial charge in [-0.05, 0) is 52.2 Å². The van der Waals surface area contributed by atoms with Crippen LogP contribution in [0.25, 0.3) is 0 Å². The molecule has 0 aliphatic carbocycles. The van der Waals surface area contributed by atoms with Gasteiger partial charge in [-0.2, -0.15) is 0 Å². The second kappa shape index (κ2) is 7.22. The molecule has 5 nitrogen and oxygen atoms in total. The zero-order chi connectivity index (χ0) is 16.2. The summed E-state index contributed by atoms with van der Waals surface area (Å²) in [5.41, 5.74) is -0.511. The molecule has 122 valence electrons. The maximum Gasteiger partial charge on any atom is 0.410 e. The third kappa shape index (κ3) is 4.80. The highest BCUT2D eigenvalue weighted by Gasteiger charge is 2.31. The number of aromatic nitrogens is 1. The van der Waals surface area contributed by atoms with E-state index in [2.05, 4.69) is 4.98 Å². The van der Waals surface area contributed by atoms with Crippen molar-refractivity contribution in [3.63, 3.8) is 0 Å². The molecule has 0 N–H and O–H groups in total. The van der Waals surface area contributed by atoms with Crippen molar-refractivity contribution in [2.75, 3.05) is 12.3 Å². The van der Waals surface area contributed by atoms with Gasteiger partial charge in [-0.1, -0.05) is 0 Å². The topological polar surface area (TPSA) is 59.5 Å². The lowest BCUT2D eigenvalue weighted by Gasteiger charge is -2.36. The molecule has 1 aliphatic heterocycles. The van der Waals surface area contributed by atoms with E-state index in [0.29, 0.717) is 12.3 Å². The van der Waals surface area contributed by atoms with Crippen LogP contribution in [0.5, 0.6) is 0 Å². The van der Waals surface area contributed by atoms with Crippen molar-refractivity contribution in [3.8, 4) is 0 Å². The highest BCUT2D eigenvalue weighted by molar-refractivity contribution is 7.85. The van der Waals surface area contributed by atoms with Crippen LogP contribution in [0.4, 0.5) is 4.79 Å². The van der Waals surface area contributed by atoms with Gasteiger partial charge in [0.1, 0.15) is 5.60 Å². The average Bonchev–Trinajstić information content (AvgIpc) is 2.47. The quantitative estimate of drug-likeness (QED) is 0.857. The normalized spacial score (nSPS) is 20.5. The summed E-state index contributed by atoms with van der Waals surface area (Å²) in [5.74, 6) is 0.448. The second-order valence-corrected chi connectivity index (χ2v) is 8.01. The Hall–Kier alpha value is -1.43. The van der Waals surface area contributed by atoms with E-state index in [4.69, 9.17) is 4.74 Å². The van der Waals surface area contributed by atoms with E-state index in [9.17, 15) is 9.00 Å². The number of hydrogen-bond acceptors (Lipinski definition) is 4. The molecule has 0 spiro atoms. The molecule has 2 heterocycles. The number of carbonyl (C=O) groups is 1. The highest BCUT2D eigenvalue weighted by Crippen LogP contribution is 2.22. The number of likely N-dealkylation sites (tertiary alicyclic amines) is 1. The van der Waals surface area contributed by atoms with E-state index < -0.39 is 16.4 Å². The molecule has 1 aliphatic rings. The molecule has 0 aromatic carbocycles. The molecular weight excluding hydrogens is 300 g/mol. The van der Waals surface area contributed by atoms with Crippen LogP contribution in [0.15, 0.2) is 29.4 Å². The number of pyridine rings is 1. The van der Waals surface area contributed by atoms with Crippen molar-refractivity contribution in [1.82, 2.24) is 9.88 Å². The van der Waals surface area contributed by atoms with Crippen LogP contribution in [0.2, 0.25) is 0 Å². The lowest BCUT2D eigenvalue weighted by atomic mass is 10.0. The van der Waals surface area contributed by atoms with Gasteiger partial charge in [0.2, 0.25) is 0 Å². The third-order valence-corrected chi connectivity index (χ3v) is 5.00. The summed E-state index contributed by atoms with van der Waals surface area (Å²) in [5, 5.41) is 0. The molecule has 0 saturated carbocycles. The van der Waals surface area contributed by atoms with Crippen LogP contribution in [0, 0.1) is 0 Å². The van der Waals surface area contributed by atoms with Crippen molar-refractivity contribution < 1.29 is 13.7 Å². The van der Waals surface area contributed by atoms with E-state index in [0.717, 1.165) is 24.2 Å². The van der Waals surface area contributed by atoms with E-state index in [-0.39, 0.29) is 12.1 Å². The van der Waals surface area contributed by atoms with Crippen molar-refractivity contribution in [2.24, 2.45) is 0 Å². The van der Waals surface area contributed by atoms with Gasteiger partial charge in [0.25, 0.3) is 0 Å². The Balaban J connectivity index is 2.04. The van der Waals surface area contributed by atoms with Crippen molar-refractivity contribution in [3.05, 3.63) is 24.5 Å². The Morgan fingerprint density at radius 2 is 2.05 bits per heavy atom. The first-order chi connectivity index (χ1) is 10.4. The first kappa shape index (κ1) is 16.9. The summed E-state index contributed by atoms with van der Waals surface area (Å²) in [6.45, 7) is 6.25. The average molecular weight is 324 g/mol. The minimum atomic E-state index is -1.13. The smallest absolute Gasteiger partial charge is 0.410 e. The summed E-state index contributed by atoms with van der Waals surface area (Å²) < 4.78 is 17.9. The fourth-order valence-corrected chi connectivity index (χ4v) is 3.81. The fourth-order valence-electron chi connectivity index (χ4n) is 2.50. The molecule has 22 heavy (non-hydrogen) atoms. The molecule has 1 amide bonds. The zero-order valence-electron chi connectivity index (χ0n) is 13.4. The van der Waals surface area contributed by atoms with Crippen LogP contribution in [0.1, 0.15) is 40.0 Å². The van der Waals surface area contributed by atoms with E-state index in [1.54, 1.807) is 29.4 Å². The number of hydrogen-bond donors (Lipinski definition) is 0. The van der Waals surface area contributed by atoms with E-state index in [1.165, 1.54) is 0 Å². The predicted molar refractivity (Wildman–Crippen MR) is 86.1 cm³/mol. The number of amides is 1. The molecule has 2 atom stereocenters. The first-order valence-corrected chi connectivity index (χ1v) is 8.97. The largest absolute Gasteiger partial charge is 0.444 e. The Bertz CT molecular complexity index is 528. The Kier molecular flexibility index (Phi) is 5.56. The minimum absolute atomic E-state index is 0.0300. The maximum absolute atomic E-state index is 12.5. The van der Waals surface area contributed by atoms with E-state index in [1.807, 2.05) is 20.8 Å². The van der Waals surface area contributed by atoms with Gasteiger partial charge in [0, 0.05) is 35.6 Å². The molecule has 2 rings (SSSR count).